The quantitative estimate of drug-likeness (QED) is 0.904. The number of methoxy groups -OCH3 is 1. The van der Waals surface area contributed by atoms with Crippen molar-refractivity contribution in [3.63, 3.8) is 0 Å². The minimum atomic E-state index is -0.521. The van der Waals surface area contributed by atoms with Crippen LogP contribution in [0.2, 0.25) is 0 Å². The maximum absolute atomic E-state index is 11.6. The Hall–Kier alpha value is -2.47. The highest BCUT2D eigenvalue weighted by molar-refractivity contribution is 5.90. The molecule has 0 aliphatic carbocycles. The molecule has 1 amide bonds. The van der Waals surface area contributed by atoms with E-state index in [9.17, 15) is 4.79 Å². The molecule has 2 aromatic rings. The third kappa shape index (κ3) is 3.49. The number of aryl methyl sites for hydroxylation is 1. The lowest BCUT2D eigenvalue weighted by Gasteiger charge is -2.34. The Labute approximate surface area is 148 Å². The van der Waals surface area contributed by atoms with Crippen molar-refractivity contribution in [2.75, 3.05) is 13.7 Å². The summed E-state index contributed by atoms with van der Waals surface area (Å²) in [5.74, 6) is 0.996. The van der Waals surface area contributed by atoms with E-state index in [4.69, 9.17) is 10.5 Å². The van der Waals surface area contributed by atoms with Gasteiger partial charge in [-0.3, -0.25) is 9.69 Å². The molecule has 1 aromatic carbocycles. The number of likely N-dealkylation sites (tertiary alicyclic amines) is 1. The number of primary amides is 1. The fourth-order valence-electron chi connectivity index (χ4n) is 3.45. The zero-order valence-electron chi connectivity index (χ0n) is 15.0. The summed E-state index contributed by atoms with van der Waals surface area (Å²) in [4.78, 5) is 23.0. The van der Waals surface area contributed by atoms with E-state index in [1.54, 1.807) is 13.2 Å². The first-order chi connectivity index (χ1) is 11.9. The first kappa shape index (κ1) is 17.4. The van der Waals surface area contributed by atoms with Crippen molar-refractivity contribution in [3.05, 3.63) is 53.1 Å². The van der Waals surface area contributed by atoms with Crippen molar-refractivity contribution in [2.24, 2.45) is 5.73 Å². The Bertz CT molecular complexity index is 793. The van der Waals surface area contributed by atoms with Crippen molar-refractivity contribution in [3.8, 4) is 5.75 Å². The number of rotatable bonds is 5. The zero-order chi connectivity index (χ0) is 18.0. The van der Waals surface area contributed by atoms with E-state index in [0.29, 0.717) is 5.82 Å². The average Bonchev–Trinajstić information content (AvgIpc) is 2.96. The lowest BCUT2D eigenvalue weighted by Crippen LogP contribution is -2.40. The molecular weight excluding hydrogens is 316 g/mol. The molecule has 6 nitrogen and oxygen atoms in total. The highest BCUT2D eigenvalue weighted by Gasteiger charge is 2.41. The molecule has 132 valence electrons. The summed E-state index contributed by atoms with van der Waals surface area (Å²) in [5.41, 5.74) is 7.32. The number of ether oxygens (including phenoxy) is 1. The van der Waals surface area contributed by atoms with E-state index in [2.05, 4.69) is 27.9 Å². The smallest absolute Gasteiger partial charge is 0.267 e. The van der Waals surface area contributed by atoms with Crippen LogP contribution in [0.1, 0.15) is 47.3 Å². The molecule has 2 heterocycles. The molecule has 0 bridgehead atoms. The normalized spacial score (nSPS) is 20.6. The summed E-state index contributed by atoms with van der Waals surface area (Å²) in [6.45, 7) is 5.73. The number of aromatic nitrogens is 2. The Balaban J connectivity index is 1.92. The van der Waals surface area contributed by atoms with E-state index in [-0.39, 0.29) is 11.2 Å². The molecule has 0 saturated carbocycles. The Kier molecular flexibility index (Phi) is 4.72. The summed E-state index contributed by atoms with van der Waals surface area (Å²) in [6.07, 6.45) is 2.00. The maximum Gasteiger partial charge on any atom is 0.267 e. The van der Waals surface area contributed by atoms with Crippen LogP contribution in [-0.2, 0) is 12.1 Å². The first-order valence-corrected chi connectivity index (χ1v) is 8.46. The van der Waals surface area contributed by atoms with Crippen LogP contribution in [0.15, 0.2) is 30.3 Å². The van der Waals surface area contributed by atoms with Gasteiger partial charge in [0.1, 0.15) is 17.3 Å². The summed E-state index contributed by atoms with van der Waals surface area (Å²) < 4.78 is 5.32. The second-order valence-electron chi connectivity index (χ2n) is 6.73. The molecule has 25 heavy (non-hydrogen) atoms. The molecule has 1 saturated heterocycles. The minimum absolute atomic E-state index is 0.275. The number of carbonyl (C=O) groups is 1. The van der Waals surface area contributed by atoms with Crippen molar-refractivity contribution in [2.45, 2.75) is 38.8 Å². The molecule has 0 spiro atoms. The first-order valence-electron chi connectivity index (χ1n) is 8.46. The highest BCUT2D eigenvalue weighted by atomic mass is 16.5. The molecule has 1 aliphatic heterocycles. The summed E-state index contributed by atoms with van der Waals surface area (Å²) in [5, 5.41) is 0. The summed E-state index contributed by atoms with van der Waals surface area (Å²) >= 11 is 0. The van der Waals surface area contributed by atoms with Crippen molar-refractivity contribution < 1.29 is 9.53 Å². The van der Waals surface area contributed by atoms with Crippen LogP contribution in [0.4, 0.5) is 0 Å². The van der Waals surface area contributed by atoms with Gasteiger partial charge in [0.25, 0.3) is 5.91 Å². The lowest BCUT2D eigenvalue weighted by atomic mass is 9.96. The number of carbonyl (C=O) groups excluding carboxylic acids is 1. The Morgan fingerprint density at radius 3 is 2.88 bits per heavy atom. The molecule has 2 N–H and O–H groups in total. The number of benzene rings is 1. The maximum atomic E-state index is 11.6. The van der Waals surface area contributed by atoms with Crippen LogP contribution in [0.25, 0.3) is 0 Å². The fraction of sp³-hybridized carbons (Fsp3) is 0.421. The second kappa shape index (κ2) is 6.80. The number of nitrogens with zero attached hydrogens (tertiary/aromatic N) is 3. The van der Waals surface area contributed by atoms with E-state index < -0.39 is 5.91 Å². The molecule has 6 heteroatoms. The van der Waals surface area contributed by atoms with Crippen LogP contribution in [0.3, 0.4) is 0 Å². The van der Waals surface area contributed by atoms with Crippen LogP contribution < -0.4 is 10.5 Å². The Morgan fingerprint density at radius 1 is 1.36 bits per heavy atom. The van der Waals surface area contributed by atoms with Crippen LogP contribution >= 0.6 is 0 Å². The predicted octanol–water partition coefficient (Wildman–Crippen LogP) is 2.40. The molecule has 1 fully saturated rings. The molecule has 3 rings (SSSR count). The van der Waals surface area contributed by atoms with E-state index in [0.717, 1.165) is 37.4 Å². The standard InChI is InChI=1S/C19H24N4O2/c1-13-10-16(17(20)24)22-18(21-13)19(2)8-5-9-23(19)12-14-6-4-7-15(11-14)25-3/h4,6-7,10-11H,5,8-9,12H2,1-3H3,(H2,20,24)/t19-/m1/s1. The van der Waals surface area contributed by atoms with E-state index >= 15 is 0 Å². The van der Waals surface area contributed by atoms with Gasteiger partial charge in [0, 0.05) is 12.2 Å². The molecular formula is C19H24N4O2. The largest absolute Gasteiger partial charge is 0.497 e. The van der Waals surface area contributed by atoms with E-state index in [1.165, 1.54) is 5.56 Å². The number of nitrogens with two attached hydrogens (primary N) is 1. The number of hydrogen-bond acceptors (Lipinski definition) is 5. The van der Waals surface area contributed by atoms with Gasteiger partial charge >= 0.3 is 0 Å². The average molecular weight is 340 g/mol. The van der Waals surface area contributed by atoms with Crippen molar-refractivity contribution in [1.29, 1.82) is 0 Å². The fourth-order valence-corrected chi connectivity index (χ4v) is 3.45. The van der Waals surface area contributed by atoms with Gasteiger partial charge in [-0.1, -0.05) is 12.1 Å². The van der Waals surface area contributed by atoms with Crippen LogP contribution in [0, 0.1) is 6.92 Å². The topological polar surface area (TPSA) is 81.3 Å². The third-order valence-corrected chi connectivity index (χ3v) is 4.89. The molecule has 1 aliphatic rings. The van der Waals surface area contributed by atoms with Gasteiger partial charge in [-0.05, 0) is 57.0 Å². The van der Waals surface area contributed by atoms with Gasteiger partial charge in [0.2, 0.25) is 0 Å². The molecule has 1 aromatic heterocycles. The van der Waals surface area contributed by atoms with E-state index in [1.807, 2.05) is 25.1 Å². The zero-order valence-corrected chi connectivity index (χ0v) is 15.0. The highest BCUT2D eigenvalue weighted by Crippen LogP contribution is 2.38. The molecule has 0 radical (unpaired) electrons. The number of amides is 1. The Morgan fingerprint density at radius 2 is 2.16 bits per heavy atom. The van der Waals surface area contributed by atoms with Gasteiger partial charge in [-0.15, -0.1) is 0 Å². The predicted molar refractivity (Wildman–Crippen MR) is 95.3 cm³/mol. The number of hydrogen-bond donors (Lipinski definition) is 1. The van der Waals surface area contributed by atoms with Gasteiger partial charge in [-0.25, -0.2) is 9.97 Å². The minimum Gasteiger partial charge on any atom is -0.497 e. The van der Waals surface area contributed by atoms with Crippen LogP contribution in [0.5, 0.6) is 5.75 Å². The van der Waals surface area contributed by atoms with Gasteiger partial charge in [0.05, 0.1) is 12.6 Å². The van der Waals surface area contributed by atoms with Gasteiger partial charge in [0.15, 0.2) is 0 Å². The van der Waals surface area contributed by atoms with Crippen molar-refractivity contribution in [1.82, 2.24) is 14.9 Å². The third-order valence-electron chi connectivity index (χ3n) is 4.89. The van der Waals surface area contributed by atoms with Gasteiger partial charge in [-0.2, -0.15) is 0 Å². The van der Waals surface area contributed by atoms with Crippen LogP contribution in [-0.4, -0.2) is 34.4 Å². The summed E-state index contributed by atoms with van der Waals surface area (Å²) in [7, 11) is 1.67. The van der Waals surface area contributed by atoms with Crippen molar-refractivity contribution >= 4 is 5.91 Å². The SMILES string of the molecule is COc1cccc(CN2CCC[C@]2(C)c2nc(C)cc(C(N)=O)n2)c1. The lowest BCUT2D eigenvalue weighted by molar-refractivity contribution is 0.0991. The van der Waals surface area contributed by atoms with Gasteiger partial charge < -0.3 is 10.5 Å². The summed E-state index contributed by atoms with van der Waals surface area (Å²) in [6, 6.07) is 9.71. The second-order valence-corrected chi connectivity index (χ2v) is 6.73. The monoisotopic (exact) mass is 340 g/mol. The molecule has 1 atom stereocenters. The molecule has 0 unspecified atom stereocenters.